The lowest BCUT2D eigenvalue weighted by molar-refractivity contribution is -0.192. The average molecular weight is 582 g/mol. The minimum absolute atomic E-state index is 0.123. The number of amides is 1. The molecule has 0 radical (unpaired) electrons. The number of fused-ring (bicyclic) bond motifs is 1. The summed E-state index contributed by atoms with van der Waals surface area (Å²) in [4.78, 5) is 27.0. The van der Waals surface area contributed by atoms with E-state index in [0.29, 0.717) is 24.4 Å². The molecule has 6 rings (SSSR count). The summed E-state index contributed by atoms with van der Waals surface area (Å²) in [6, 6.07) is 18.1. The minimum Gasteiger partial charge on any atom is -0.497 e. The third-order valence-corrected chi connectivity index (χ3v) is 8.05. The summed E-state index contributed by atoms with van der Waals surface area (Å²) in [5.41, 5.74) is 4.80. The molecule has 0 bridgehead atoms. The Morgan fingerprint density at radius 2 is 1.64 bits per heavy atom. The van der Waals surface area contributed by atoms with Crippen molar-refractivity contribution in [3.63, 3.8) is 0 Å². The first-order chi connectivity index (χ1) is 20.1. The predicted molar refractivity (Wildman–Crippen MR) is 147 cm³/mol. The molecule has 2 fully saturated rings. The smallest absolute Gasteiger partial charge is 0.490 e. The van der Waals surface area contributed by atoms with Gasteiger partial charge in [-0.25, -0.2) is 9.48 Å². The normalized spacial score (nSPS) is 17.6. The molecular formula is C30H30F3N5O4. The van der Waals surface area contributed by atoms with Crippen LogP contribution in [0.15, 0.2) is 48.5 Å². The molecule has 3 aromatic rings. The van der Waals surface area contributed by atoms with Gasteiger partial charge in [-0.2, -0.15) is 23.5 Å². The predicted octanol–water partition coefficient (Wildman–Crippen LogP) is 4.72. The first-order valence-corrected chi connectivity index (χ1v) is 13.7. The van der Waals surface area contributed by atoms with Crippen molar-refractivity contribution in [2.45, 2.75) is 43.7 Å². The van der Waals surface area contributed by atoms with Crippen molar-refractivity contribution in [1.29, 1.82) is 5.26 Å². The Morgan fingerprint density at radius 1 is 1.05 bits per heavy atom. The number of methoxy groups -OCH3 is 1. The molecule has 0 unspecified atom stereocenters. The molecule has 1 aromatic heterocycles. The number of rotatable bonds is 6. The van der Waals surface area contributed by atoms with Gasteiger partial charge in [0.05, 0.1) is 12.8 Å². The van der Waals surface area contributed by atoms with E-state index in [9.17, 15) is 23.2 Å². The van der Waals surface area contributed by atoms with Crippen molar-refractivity contribution in [2.24, 2.45) is 0 Å². The summed E-state index contributed by atoms with van der Waals surface area (Å²) in [6.07, 6.45) is 0.629. The number of aromatic nitrogens is 2. The fourth-order valence-corrected chi connectivity index (χ4v) is 5.66. The Kier molecular flexibility index (Phi) is 7.97. The van der Waals surface area contributed by atoms with E-state index in [0.717, 1.165) is 29.2 Å². The number of benzene rings is 2. The van der Waals surface area contributed by atoms with E-state index in [2.05, 4.69) is 40.3 Å². The fraction of sp³-hybridized carbons (Fsp3) is 0.400. The van der Waals surface area contributed by atoms with Crippen molar-refractivity contribution in [3.05, 3.63) is 71.0 Å². The third kappa shape index (κ3) is 5.83. The number of likely N-dealkylation sites (tertiary alicyclic amines) is 1. The highest BCUT2D eigenvalue weighted by Gasteiger charge is 2.45. The van der Waals surface area contributed by atoms with Gasteiger partial charge in [0, 0.05) is 29.8 Å². The standard InChI is InChI=1S/C28H29N5O2.C2HF3O2/c1-35-23-10-8-22(9-11-23)33-26-24(25(18-29)30-33)12-17-32(27(26)34)21-6-4-20(5-7-21)28(13-14-28)19-31-15-2-3-16-31;3-2(4,5)1(6)7/h4-11H,2-3,12-17,19H2,1H3;(H,6,7). The summed E-state index contributed by atoms with van der Waals surface area (Å²) in [6.45, 7) is 4.12. The summed E-state index contributed by atoms with van der Waals surface area (Å²) in [5, 5.41) is 21.3. The van der Waals surface area contributed by atoms with Gasteiger partial charge in [-0.1, -0.05) is 12.1 Å². The molecule has 1 N–H and O–H groups in total. The summed E-state index contributed by atoms with van der Waals surface area (Å²) < 4.78 is 38.6. The van der Waals surface area contributed by atoms with Crippen LogP contribution in [0.3, 0.4) is 0 Å². The molecule has 42 heavy (non-hydrogen) atoms. The van der Waals surface area contributed by atoms with E-state index in [1.807, 2.05) is 29.2 Å². The van der Waals surface area contributed by atoms with E-state index in [-0.39, 0.29) is 11.3 Å². The Balaban J connectivity index is 0.000000451. The number of nitriles is 1. The van der Waals surface area contributed by atoms with Crippen molar-refractivity contribution < 1.29 is 32.6 Å². The van der Waals surface area contributed by atoms with Crippen LogP contribution in [0.25, 0.3) is 5.69 Å². The Labute approximate surface area is 240 Å². The molecule has 3 aliphatic rings. The number of ether oxygens (including phenoxy) is 1. The molecule has 1 saturated heterocycles. The first kappa shape index (κ1) is 29.1. The number of aliphatic carboxylic acids is 1. The lowest BCUT2D eigenvalue weighted by atomic mass is 9.94. The molecule has 2 aliphatic heterocycles. The van der Waals surface area contributed by atoms with Crippen LogP contribution in [0.1, 0.15) is 53.0 Å². The second-order valence-corrected chi connectivity index (χ2v) is 10.7. The number of carboxylic acids is 1. The van der Waals surface area contributed by atoms with Gasteiger partial charge in [-0.05, 0) is 87.2 Å². The van der Waals surface area contributed by atoms with Gasteiger partial charge < -0.3 is 19.6 Å². The van der Waals surface area contributed by atoms with Gasteiger partial charge in [0.1, 0.15) is 17.5 Å². The number of hydrogen-bond donors (Lipinski definition) is 1. The van der Waals surface area contributed by atoms with Crippen LogP contribution in [-0.2, 0) is 16.6 Å². The molecule has 3 heterocycles. The molecule has 9 nitrogen and oxygen atoms in total. The number of hydrogen-bond acceptors (Lipinski definition) is 6. The van der Waals surface area contributed by atoms with Crippen LogP contribution in [-0.4, -0.2) is 71.1 Å². The minimum atomic E-state index is -5.08. The number of nitrogens with zero attached hydrogens (tertiary/aromatic N) is 5. The number of carboxylic acid groups (broad SMARTS) is 1. The van der Waals surface area contributed by atoms with Crippen LogP contribution < -0.4 is 9.64 Å². The lowest BCUT2D eigenvalue weighted by Gasteiger charge is -2.28. The molecule has 12 heteroatoms. The topological polar surface area (TPSA) is 112 Å². The Hall–Kier alpha value is -4.37. The molecule has 2 aromatic carbocycles. The molecule has 0 atom stereocenters. The number of alkyl halides is 3. The second-order valence-electron chi connectivity index (χ2n) is 10.7. The maximum Gasteiger partial charge on any atom is 0.490 e. The van der Waals surface area contributed by atoms with Crippen LogP contribution in [0, 0.1) is 11.3 Å². The zero-order valence-corrected chi connectivity index (χ0v) is 23.0. The number of halogens is 3. The number of carbonyl (C=O) groups is 2. The van der Waals surface area contributed by atoms with E-state index < -0.39 is 12.1 Å². The van der Waals surface area contributed by atoms with E-state index in [4.69, 9.17) is 14.6 Å². The fourth-order valence-electron chi connectivity index (χ4n) is 5.66. The average Bonchev–Trinajstić information content (AvgIpc) is 3.39. The Morgan fingerprint density at radius 3 is 2.17 bits per heavy atom. The third-order valence-electron chi connectivity index (χ3n) is 8.05. The second kappa shape index (κ2) is 11.5. The van der Waals surface area contributed by atoms with Crippen molar-refractivity contribution in [1.82, 2.24) is 14.7 Å². The van der Waals surface area contributed by atoms with E-state index >= 15 is 0 Å². The molecule has 1 aliphatic carbocycles. The van der Waals surface area contributed by atoms with Gasteiger partial charge in [0.15, 0.2) is 5.69 Å². The lowest BCUT2D eigenvalue weighted by Crippen LogP contribution is -2.39. The largest absolute Gasteiger partial charge is 0.497 e. The van der Waals surface area contributed by atoms with Crippen LogP contribution >= 0.6 is 0 Å². The number of carbonyl (C=O) groups excluding carboxylic acids is 1. The SMILES string of the molecule is COc1ccc(-n2nc(C#N)c3c2C(=O)N(c2ccc(C4(CN5CCCC5)CC4)cc2)CC3)cc1.O=C(O)C(F)(F)F. The summed E-state index contributed by atoms with van der Waals surface area (Å²) in [7, 11) is 1.61. The molecule has 0 spiro atoms. The van der Waals surface area contributed by atoms with Crippen LogP contribution in [0.4, 0.5) is 18.9 Å². The van der Waals surface area contributed by atoms with E-state index in [1.54, 1.807) is 11.8 Å². The van der Waals surface area contributed by atoms with Crippen molar-refractivity contribution in [2.75, 3.05) is 38.2 Å². The number of anilines is 1. The maximum absolute atomic E-state index is 13.7. The maximum atomic E-state index is 13.7. The summed E-state index contributed by atoms with van der Waals surface area (Å²) >= 11 is 0. The highest BCUT2D eigenvalue weighted by molar-refractivity contribution is 6.07. The van der Waals surface area contributed by atoms with Gasteiger partial charge in [0.2, 0.25) is 0 Å². The zero-order chi connectivity index (χ0) is 30.1. The van der Waals surface area contributed by atoms with Crippen LogP contribution in [0.5, 0.6) is 5.75 Å². The van der Waals surface area contributed by atoms with Gasteiger partial charge in [-0.3, -0.25) is 4.79 Å². The highest BCUT2D eigenvalue weighted by atomic mass is 19.4. The van der Waals surface area contributed by atoms with Gasteiger partial charge in [0.25, 0.3) is 5.91 Å². The van der Waals surface area contributed by atoms with Gasteiger partial charge in [-0.15, -0.1) is 0 Å². The first-order valence-electron chi connectivity index (χ1n) is 13.7. The van der Waals surface area contributed by atoms with E-state index in [1.165, 1.54) is 44.3 Å². The molecular weight excluding hydrogens is 551 g/mol. The molecule has 1 saturated carbocycles. The van der Waals surface area contributed by atoms with Crippen molar-refractivity contribution in [3.8, 4) is 17.5 Å². The van der Waals surface area contributed by atoms with Gasteiger partial charge >= 0.3 is 12.1 Å². The van der Waals surface area contributed by atoms with Crippen LogP contribution in [0.2, 0.25) is 0 Å². The zero-order valence-electron chi connectivity index (χ0n) is 23.0. The van der Waals surface area contributed by atoms with Crippen molar-refractivity contribution >= 4 is 17.6 Å². The quantitative estimate of drug-likeness (QED) is 0.449. The summed E-state index contributed by atoms with van der Waals surface area (Å²) in [5.74, 6) is -2.16. The Bertz CT molecular complexity index is 1500. The highest BCUT2D eigenvalue weighted by Crippen LogP contribution is 2.49. The molecule has 1 amide bonds. The molecule has 220 valence electrons. The monoisotopic (exact) mass is 581 g/mol.